The van der Waals surface area contributed by atoms with Crippen molar-refractivity contribution in [3.8, 4) is 0 Å². The lowest BCUT2D eigenvalue weighted by Crippen LogP contribution is -2.26. The van der Waals surface area contributed by atoms with Gasteiger partial charge in [-0.15, -0.1) is 0 Å². The molecule has 0 aliphatic rings. The second-order valence-corrected chi connectivity index (χ2v) is 6.15. The van der Waals surface area contributed by atoms with Crippen LogP contribution in [0.3, 0.4) is 0 Å². The summed E-state index contributed by atoms with van der Waals surface area (Å²) >= 11 is 0. The number of hydrogen-bond donors (Lipinski definition) is 0. The van der Waals surface area contributed by atoms with Crippen molar-refractivity contribution in [3.05, 3.63) is 64.5 Å². The first-order chi connectivity index (χ1) is 9.84. The van der Waals surface area contributed by atoms with Gasteiger partial charge in [-0.2, -0.15) is 4.39 Å². The summed E-state index contributed by atoms with van der Waals surface area (Å²) in [4.78, 5) is 9.85. The van der Waals surface area contributed by atoms with Crippen LogP contribution in [0.5, 0.6) is 0 Å². The van der Waals surface area contributed by atoms with Crippen LogP contribution in [0.1, 0.15) is 0 Å². The summed E-state index contributed by atoms with van der Waals surface area (Å²) in [6.45, 7) is 0. The summed E-state index contributed by atoms with van der Waals surface area (Å²) in [6.07, 6.45) is 0. The highest BCUT2D eigenvalue weighted by Gasteiger charge is 2.24. The van der Waals surface area contributed by atoms with Crippen LogP contribution in [0.4, 0.5) is 15.8 Å². The third kappa shape index (κ3) is 2.84. The number of nitro benzene ring substituents is 1. The Hall–Kier alpha value is -2.48. The van der Waals surface area contributed by atoms with E-state index in [1.54, 1.807) is 18.2 Å². The lowest BCUT2D eigenvalue weighted by Gasteiger charge is -2.19. The van der Waals surface area contributed by atoms with Crippen LogP contribution in [0.2, 0.25) is 0 Å². The Bertz CT molecular complexity index is 778. The number of nitro groups is 1. The highest BCUT2D eigenvalue weighted by molar-refractivity contribution is 7.92. The maximum atomic E-state index is 13.3. The number of nitrogens with zero attached hydrogens (tertiary/aromatic N) is 2. The smallest absolute Gasteiger partial charge is 0.269 e. The van der Waals surface area contributed by atoms with Crippen molar-refractivity contribution in [2.45, 2.75) is 4.90 Å². The van der Waals surface area contributed by atoms with Gasteiger partial charge in [0.1, 0.15) is 0 Å². The van der Waals surface area contributed by atoms with E-state index in [0.29, 0.717) is 0 Å². The van der Waals surface area contributed by atoms with Gasteiger partial charge in [0.15, 0.2) is 0 Å². The lowest BCUT2D eigenvalue weighted by atomic mass is 10.2. The minimum atomic E-state index is -3.86. The molecule has 0 spiro atoms. The highest BCUT2D eigenvalue weighted by atomic mass is 32.2. The van der Waals surface area contributed by atoms with Gasteiger partial charge in [0.05, 0.1) is 15.5 Å². The molecule has 0 N–H and O–H groups in total. The minimum Gasteiger partial charge on any atom is -0.269 e. The van der Waals surface area contributed by atoms with Gasteiger partial charge < -0.3 is 0 Å². The molecule has 0 fully saturated rings. The van der Waals surface area contributed by atoms with Gasteiger partial charge >= 0.3 is 5.69 Å². The first-order valence-electron chi connectivity index (χ1n) is 5.82. The number of hydrogen-bond acceptors (Lipinski definition) is 4. The van der Waals surface area contributed by atoms with E-state index in [1.807, 2.05) is 0 Å². The van der Waals surface area contributed by atoms with Crippen LogP contribution in [-0.2, 0) is 10.0 Å². The molecule has 21 heavy (non-hydrogen) atoms. The maximum Gasteiger partial charge on any atom is 0.306 e. The fourth-order valence-electron chi connectivity index (χ4n) is 1.73. The Morgan fingerprint density at radius 3 is 2.33 bits per heavy atom. The second-order valence-electron chi connectivity index (χ2n) is 4.18. The van der Waals surface area contributed by atoms with Gasteiger partial charge in [-0.3, -0.25) is 14.4 Å². The first kappa shape index (κ1) is 14.9. The summed E-state index contributed by atoms with van der Waals surface area (Å²) in [7, 11) is -2.61. The molecule has 8 heteroatoms. The molecule has 0 saturated heterocycles. The Kier molecular flexibility index (Phi) is 3.90. The topological polar surface area (TPSA) is 80.5 Å². The zero-order valence-corrected chi connectivity index (χ0v) is 11.7. The van der Waals surface area contributed by atoms with Crippen LogP contribution in [0.25, 0.3) is 0 Å². The van der Waals surface area contributed by atoms with Crippen LogP contribution in [-0.4, -0.2) is 20.4 Å². The molecule has 2 aromatic rings. The van der Waals surface area contributed by atoms with Crippen LogP contribution in [0, 0.1) is 15.9 Å². The molecule has 6 nitrogen and oxygen atoms in total. The Morgan fingerprint density at radius 2 is 1.76 bits per heavy atom. The molecule has 0 radical (unpaired) electrons. The second kappa shape index (κ2) is 5.49. The number of sulfonamides is 1. The van der Waals surface area contributed by atoms with Crippen molar-refractivity contribution in [2.24, 2.45) is 0 Å². The summed E-state index contributed by atoms with van der Waals surface area (Å²) in [6, 6.07) is 10.5. The number of rotatable bonds is 4. The average molecular weight is 310 g/mol. The summed E-state index contributed by atoms with van der Waals surface area (Å²) < 4.78 is 38.9. The van der Waals surface area contributed by atoms with Gasteiger partial charge in [-0.05, 0) is 24.3 Å². The zero-order valence-electron chi connectivity index (χ0n) is 10.9. The molecule has 110 valence electrons. The van der Waals surface area contributed by atoms with Crippen LogP contribution < -0.4 is 4.31 Å². The molecule has 0 aliphatic carbocycles. The molecule has 0 atom stereocenters. The van der Waals surface area contributed by atoms with E-state index in [-0.39, 0.29) is 10.6 Å². The molecule has 0 aromatic heterocycles. The van der Waals surface area contributed by atoms with E-state index in [4.69, 9.17) is 0 Å². The predicted molar refractivity (Wildman–Crippen MR) is 75.1 cm³/mol. The van der Waals surface area contributed by atoms with E-state index in [9.17, 15) is 22.9 Å². The van der Waals surface area contributed by atoms with Crippen molar-refractivity contribution in [3.63, 3.8) is 0 Å². The third-order valence-electron chi connectivity index (χ3n) is 2.89. The molecule has 2 rings (SSSR count). The molecular formula is C13H11FN2O4S. The number of halogens is 1. The molecular weight excluding hydrogens is 299 g/mol. The SMILES string of the molecule is CN(c1ccc(F)c([N+](=O)[O-])c1)S(=O)(=O)c1ccccc1. The van der Waals surface area contributed by atoms with Gasteiger partial charge in [-0.25, -0.2) is 8.42 Å². The zero-order chi connectivity index (χ0) is 15.6. The summed E-state index contributed by atoms with van der Waals surface area (Å²) in [5, 5.41) is 10.7. The normalized spacial score (nSPS) is 11.1. The molecule has 0 aliphatic heterocycles. The maximum absolute atomic E-state index is 13.3. The van der Waals surface area contributed by atoms with Gasteiger partial charge in [0.2, 0.25) is 5.82 Å². The Labute approximate surface area is 120 Å². The van der Waals surface area contributed by atoms with Crippen molar-refractivity contribution >= 4 is 21.4 Å². The van der Waals surface area contributed by atoms with Crippen LogP contribution in [0.15, 0.2) is 53.4 Å². The monoisotopic (exact) mass is 310 g/mol. The average Bonchev–Trinajstić information content (AvgIpc) is 2.47. The van der Waals surface area contributed by atoms with Crippen LogP contribution >= 0.6 is 0 Å². The van der Waals surface area contributed by atoms with Crippen molar-refractivity contribution < 1.29 is 17.7 Å². The largest absolute Gasteiger partial charge is 0.306 e. The fourth-order valence-corrected chi connectivity index (χ4v) is 2.93. The van der Waals surface area contributed by atoms with Gasteiger partial charge in [-0.1, -0.05) is 18.2 Å². The summed E-state index contributed by atoms with van der Waals surface area (Å²) in [5.41, 5.74) is -0.769. The predicted octanol–water partition coefficient (Wildman–Crippen LogP) is 2.56. The molecule has 0 heterocycles. The summed E-state index contributed by atoms with van der Waals surface area (Å²) in [5.74, 6) is -1.02. The van der Waals surface area contributed by atoms with Gasteiger partial charge in [0, 0.05) is 13.1 Å². The van der Waals surface area contributed by atoms with E-state index in [2.05, 4.69) is 0 Å². The molecule has 0 amide bonds. The van der Waals surface area contributed by atoms with Crippen molar-refractivity contribution in [1.29, 1.82) is 0 Å². The highest BCUT2D eigenvalue weighted by Crippen LogP contribution is 2.27. The van der Waals surface area contributed by atoms with E-state index < -0.39 is 26.5 Å². The molecule has 2 aromatic carbocycles. The first-order valence-corrected chi connectivity index (χ1v) is 7.26. The van der Waals surface area contributed by atoms with Gasteiger partial charge in [0.25, 0.3) is 10.0 Å². The van der Waals surface area contributed by atoms with Crippen molar-refractivity contribution in [2.75, 3.05) is 11.4 Å². The Morgan fingerprint density at radius 1 is 1.14 bits per heavy atom. The number of anilines is 1. The standard InChI is InChI=1S/C13H11FN2O4S/c1-15(21(19,20)11-5-3-2-4-6-11)10-7-8-12(14)13(9-10)16(17)18/h2-9H,1H3. The molecule has 0 bridgehead atoms. The van der Waals surface area contributed by atoms with Crippen molar-refractivity contribution in [1.82, 2.24) is 0 Å². The van der Waals surface area contributed by atoms with E-state index in [1.165, 1.54) is 25.2 Å². The molecule has 0 saturated carbocycles. The van der Waals surface area contributed by atoms with E-state index in [0.717, 1.165) is 16.4 Å². The number of benzene rings is 2. The third-order valence-corrected chi connectivity index (χ3v) is 4.69. The quantitative estimate of drug-likeness (QED) is 0.642. The van der Waals surface area contributed by atoms with E-state index >= 15 is 0 Å². The fraction of sp³-hybridized carbons (Fsp3) is 0.0769. The lowest BCUT2D eigenvalue weighted by molar-refractivity contribution is -0.387. The minimum absolute atomic E-state index is 0.00644. The Balaban J connectivity index is 2.48. The molecule has 0 unspecified atom stereocenters.